The van der Waals surface area contributed by atoms with Crippen molar-refractivity contribution in [2.75, 3.05) is 13.2 Å². The number of hydrogen-bond donors (Lipinski definition) is 2. The Morgan fingerprint density at radius 1 is 1.52 bits per heavy atom. The number of carbonyl (C=O) groups excluding carboxylic acids is 1. The standard InChI is InChI=1S/C15H16N4O2/c1-19-11-12(10-18-19)6-8-17-15(21)14-13(5-3-9-20)4-2-7-16-14/h2,4,7,10-11,20H,6,8-9H2,1H3,(H,17,21). The van der Waals surface area contributed by atoms with E-state index < -0.39 is 0 Å². The molecule has 0 unspecified atom stereocenters. The molecule has 0 aliphatic rings. The highest BCUT2D eigenvalue weighted by Gasteiger charge is 2.10. The lowest BCUT2D eigenvalue weighted by molar-refractivity contribution is 0.0949. The van der Waals surface area contributed by atoms with Crippen LogP contribution in [0.1, 0.15) is 21.6 Å². The summed E-state index contributed by atoms with van der Waals surface area (Å²) in [6, 6.07) is 3.40. The first-order valence-corrected chi connectivity index (χ1v) is 6.51. The van der Waals surface area contributed by atoms with E-state index in [1.807, 2.05) is 13.2 Å². The molecule has 2 N–H and O–H groups in total. The smallest absolute Gasteiger partial charge is 0.271 e. The van der Waals surface area contributed by atoms with E-state index in [9.17, 15) is 4.79 Å². The van der Waals surface area contributed by atoms with Gasteiger partial charge in [0, 0.05) is 26.0 Å². The Morgan fingerprint density at radius 2 is 2.38 bits per heavy atom. The van der Waals surface area contributed by atoms with Crippen molar-refractivity contribution in [3.05, 3.63) is 47.5 Å². The van der Waals surface area contributed by atoms with Gasteiger partial charge < -0.3 is 10.4 Å². The minimum absolute atomic E-state index is 0.253. The maximum Gasteiger partial charge on any atom is 0.271 e. The molecule has 108 valence electrons. The number of hydrogen-bond acceptors (Lipinski definition) is 4. The van der Waals surface area contributed by atoms with Crippen LogP contribution in [0.25, 0.3) is 0 Å². The highest BCUT2D eigenvalue weighted by molar-refractivity contribution is 5.94. The molecular formula is C15H16N4O2. The van der Waals surface area contributed by atoms with Gasteiger partial charge in [-0.05, 0) is 24.1 Å². The summed E-state index contributed by atoms with van der Waals surface area (Å²) in [6.45, 7) is 0.241. The summed E-state index contributed by atoms with van der Waals surface area (Å²) in [4.78, 5) is 16.1. The van der Waals surface area contributed by atoms with Gasteiger partial charge in [0.1, 0.15) is 12.3 Å². The van der Waals surface area contributed by atoms with Gasteiger partial charge in [-0.15, -0.1) is 0 Å². The topological polar surface area (TPSA) is 80.0 Å². The van der Waals surface area contributed by atoms with Crippen LogP contribution in [0.5, 0.6) is 0 Å². The molecule has 0 spiro atoms. The highest BCUT2D eigenvalue weighted by atomic mass is 16.2. The maximum absolute atomic E-state index is 12.1. The molecule has 0 saturated carbocycles. The summed E-state index contributed by atoms with van der Waals surface area (Å²) in [6.07, 6.45) is 5.92. The van der Waals surface area contributed by atoms with E-state index in [4.69, 9.17) is 5.11 Å². The number of aryl methyl sites for hydroxylation is 1. The van der Waals surface area contributed by atoms with Crippen molar-refractivity contribution in [2.24, 2.45) is 7.05 Å². The minimum atomic E-state index is -0.276. The first-order chi connectivity index (χ1) is 10.2. The van der Waals surface area contributed by atoms with Gasteiger partial charge >= 0.3 is 0 Å². The third-order valence-corrected chi connectivity index (χ3v) is 2.78. The minimum Gasteiger partial charge on any atom is -0.384 e. The summed E-state index contributed by atoms with van der Waals surface area (Å²) in [5.41, 5.74) is 1.83. The number of aromatic nitrogens is 3. The van der Waals surface area contributed by atoms with Crippen LogP contribution < -0.4 is 5.32 Å². The predicted molar refractivity (Wildman–Crippen MR) is 77.4 cm³/mol. The average Bonchev–Trinajstić information content (AvgIpc) is 2.91. The SMILES string of the molecule is Cn1cc(CCNC(=O)c2ncccc2C#CCO)cn1. The molecule has 2 rings (SSSR count). The average molecular weight is 284 g/mol. The van der Waals surface area contributed by atoms with Crippen molar-refractivity contribution in [2.45, 2.75) is 6.42 Å². The predicted octanol–water partition coefficient (Wildman–Crippen LogP) is 0.131. The fourth-order valence-electron chi connectivity index (χ4n) is 1.83. The molecule has 0 aromatic carbocycles. The number of rotatable bonds is 4. The monoisotopic (exact) mass is 284 g/mol. The number of aliphatic hydroxyl groups excluding tert-OH is 1. The van der Waals surface area contributed by atoms with Gasteiger partial charge in [0.2, 0.25) is 0 Å². The van der Waals surface area contributed by atoms with Gasteiger partial charge in [-0.1, -0.05) is 11.8 Å². The summed E-state index contributed by atoms with van der Waals surface area (Å²) < 4.78 is 1.72. The van der Waals surface area contributed by atoms with E-state index >= 15 is 0 Å². The van der Waals surface area contributed by atoms with Crippen molar-refractivity contribution in [3.8, 4) is 11.8 Å². The number of amides is 1. The Bertz CT molecular complexity index is 682. The number of pyridine rings is 1. The second-order valence-electron chi connectivity index (χ2n) is 4.39. The Labute approximate surface area is 122 Å². The summed E-state index contributed by atoms with van der Waals surface area (Å²) in [7, 11) is 1.85. The second-order valence-corrected chi connectivity index (χ2v) is 4.39. The lowest BCUT2D eigenvalue weighted by atomic mass is 10.2. The van der Waals surface area contributed by atoms with Crippen LogP contribution in [0.4, 0.5) is 0 Å². The maximum atomic E-state index is 12.1. The molecule has 2 heterocycles. The quantitative estimate of drug-likeness (QED) is 0.782. The van der Waals surface area contributed by atoms with Crippen LogP contribution in [-0.2, 0) is 13.5 Å². The largest absolute Gasteiger partial charge is 0.384 e. The van der Waals surface area contributed by atoms with E-state index in [0.29, 0.717) is 18.5 Å². The van der Waals surface area contributed by atoms with Crippen LogP contribution in [-0.4, -0.2) is 38.9 Å². The first kappa shape index (κ1) is 14.8. The molecule has 6 nitrogen and oxygen atoms in total. The van der Waals surface area contributed by atoms with Crippen molar-refractivity contribution in [1.29, 1.82) is 0 Å². The molecule has 1 amide bonds. The number of nitrogens with zero attached hydrogens (tertiary/aromatic N) is 3. The van der Waals surface area contributed by atoms with Gasteiger partial charge in [0.05, 0.1) is 11.8 Å². The zero-order valence-electron chi connectivity index (χ0n) is 11.7. The van der Waals surface area contributed by atoms with Crippen molar-refractivity contribution < 1.29 is 9.90 Å². The van der Waals surface area contributed by atoms with Crippen LogP contribution >= 0.6 is 0 Å². The van der Waals surface area contributed by atoms with Crippen LogP contribution in [0.3, 0.4) is 0 Å². The fraction of sp³-hybridized carbons (Fsp3) is 0.267. The van der Waals surface area contributed by atoms with Crippen LogP contribution in [0, 0.1) is 11.8 Å². The Hall–Kier alpha value is -2.65. The lowest BCUT2D eigenvalue weighted by Crippen LogP contribution is -2.27. The molecule has 6 heteroatoms. The first-order valence-electron chi connectivity index (χ1n) is 6.51. The molecule has 21 heavy (non-hydrogen) atoms. The van der Waals surface area contributed by atoms with Gasteiger partial charge in [0.15, 0.2) is 0 Å². The van der Waals surface area contributed by atoms with E-state index in [1.54, 1.807) is 29.2 Å². The lowest BCUT2D eigenvalue weighted by Gasteiger charge is -2.05. The van der Waals surface area contributed by atoms with E-state index in [-0.39, 0.29) is 18.2 Å². The summed E-state index contributed by atoms with van der Waals surface area (Å²) in [5.74, 6) is 4.96. The van der Waals surface area contributed by atoms with Gasteiger partial charge in [-0.3, -0.25) is 9.48 Å². The highest BCUT2D eigenvalue weighted by Crippen LogP contribution is 2.04. The normalized spacial score (nSPS) is 9.81. The molecular weight excluding hydrogens is 268 g/mol. The number of carbonyl (C=O) groups is 1. The molecule has 2 aromatic heterocycles. The van der Waals surface area contributed by atoms with E-state index in [1.165, 1.54) is 0 Å². The van der Waals surface area contributed by atoms with Crippen LogP contribution in [0.15, 0.2) is 30.7 Å². The molecule has 0 aliphatic carbocycles. The van der Waals surface area contributed by atoms with E-state index in [0.717, 1.165) is 5.56 Å². The molecule has 0 bridgehead atoms. The number of nitrogens with one attached hydrogen (secondary N) is 1. The number of aliphatic hydroxyl groups is 1. The second kappa shape index (κ2) is 7.22. The Balaban J connectivity index is 1.97. The molecule has 0 aliphatic heterocycles. The third-order valence-electron chi connectivity index (χ3n) is 2.78. The Morgan fingerprint density at radius 3 is 3.10 bits per heavy atom. The van der Waals surface area contributed by atoms with Crippen molar-refractivity contribution >= 4 is 5.91 Å². The molecule has 0 saturated heterocycles. The third kappa shape index (κ3) is 4.16. The van der Waals surface area contributed by atoms with Gasteiger partial charge in [-0.2, -0.15) is 5.10 Å². The molecule has 0 atom stereocenters. The zero-order valence-corrected chi connectivity index (χ0v) is 11.7. The van der Waals surface area contributed by atoms with E-state index in [2.05, 4.69) is 27.2 Å². The van der Waals surface area contributed by atoms with Gasteiger partial charge in [0.25, 0.3) is 5.91 Å². The van der Waals surface area contributed by atoms with Crippen LogP contribution in [0.2, 0.25) is 0 Å². The summed E-state index contributed by atoms with van der Waals surface area (Å²) >= 11 is 0. The molecule has 0 fully saturated rings. The molecule has 0 radical (unpaired) electrons. The zero-order chi connectivity index (χ0) is 15.1. The Kier molecular flexibility index (Phi) is 5.07. The van der Waals surface area contributed by atoms with Crippen molar-refractivity contribution in [1.82, 2.24) is 20.1 Å². The van der Waals surface area contributed by atoms with Crippen molar-refractivity contribution in [3.63, 3.8) is 0 Å². The summed E-state index contributed by atoms with van der Waals surface area (Å²) in [5, 5.41) is 15.6. The van der Waals surface area contributed by atoms with Gasteiger partial charge in [-0.25, -0.2) is 4.98 Å². The molecule has 2 aromatic rings. The fourth-order valence-corrected chi connectivity index (χ4v) is 1.83.